The molecule has 0 spiro atoms. The Balaban J connectivity index is 1.97. The molecule has 2 heterocycles. The number of rotatable bonds is 8. The highest BCUT2D eigenvalue weighted by molar-refractivity contribution is 7.90. The van der Waals surface area contributed by atoms with Gasteiger partial charge in [0, 0.05) is 12.3 Å². The van der Waals surface area contributed by atoms with E-state index in [0.29, 0.717) is 23.6 Å². The number of nitrogens with zero attached hydrogens (tertiary/aromatic N) is 3. The summed E-state index contributed by atoms with van der Waals surface area (Å²) < 4.78 is 39.0. The Kier molecular flexibility index (Phi) is 5.55. The third-order valence-electron chi connectivity index (χ3n) is 5.44. The van der Waals surface area contributed by atoms with Crippen LogP contribution in [0.5, 0.6) is 11.6 Å². The van der Waals surface area contributed by atoms with Gasteiger partial charge in [-0.1, -0.05) is 6.07 Å². The van der Waals surface area contributed by atoms with E-state index in [2.05, 4.69) is 4.98 Å². The molecule has 31 heavy (non-hydrogen) atoms. The number of imidazole rings is 1. The van der Waals surface area contributed by atoms with Gasteiger partial charge in [-0.3, -0.25) is 9.13 Å². The number of aryl methyl sites for hydroxylation is 1. The molecule has 1 aromatic carbocycles. The summed E-state index contributed by atoms with van der Waals surface area (Å²) in [6.45, 7) is 4.19. The second-order valence-electron chi connectivity index (χ2n) is 8.03. The van der Waals surface area contributed by atoms with Crippen LogP contribution in [-0.2, 0) is 9.84 Å². The summed E-state index contributed by atoms with van der Waals surface area (Å²) in [5, 5.41) is 0. The van der Waals surface area contributed by atoms with Crippen molar-refractivity contribution < 1.29 is 17.9 Å². The average molecular weight is 446 g/mol. The number of aromatic nitrogens is 3. The lowest BCUT2D eigenvalue weighted by molar-refractivity contribution is 0.296. The van der Waals surface area contributed by atoms with Crippen molar-refractivity contribution in [3.8, 4) is 11.6 Å². The standard InChI is InChI=1S/C22H27N3O5S/c1-5-30-21-20(29-3)11-9-16(23-21)19(13-31(4,27)28)25-17-10-6-14(2)12-18(17)24(22(25)26)15-7-8-15/h6,9-12,15,19H,5,7-8,13H2,1-4H3. The van der Waals surface area contributed by atoms with Crippen molar-refractivity contribution in [3.05, 3.63) is 52.1 Å². The normalized spacial score (nSPS) is 15.2. The highest BCUT2D eigenvalue weighted by Gasteiger charge is 2.32. The van der Waals surface area contributed by atoms with Gasteiger partial charge in [-0.05, 0) is 56.5 Å². The summed E-state index contributed by atoms with van der Waals surface area (Å²) in [6, 6.07) is 8.54. The second kappa shape index (κ2) is 8.03. The molecule has 0 radical (unpaired) electrons. The van der Waals surface area contributed by atoms with E-state index in [1.165, 1.54) is 13.4 Å². The monoisotopic (exact) mass is 445 g/mol. The summed E-state index contributed by atoms with van der Waals surface area (Å²) in [7, 11) is -1.91. The minimum atomic E-state index is -3.43. The van der Waals surface area contributed by atoms with E-state index in [-0.39, 0.29) is 23.4 Å². The smallest absolute Gasteiger partial charge is 0.330 e. The molecule has 8 nitrogen and oxygen atoms in total. The van der Waals surface area contributed by atoms with Crippen LogP contribution < -0.4 is 15.2 Å². The highest BCUT2D eigenvalue weighted by atomic mass is 32.2. The number of pyridine rings is 1. The number of benzene rings is 1. The molecule has 1 unspecified atom stereocenters. The first-order valence-corrected chi connectivity index (χ1v) is 12.4. The van der Waals surface area contributed by atoms with Crippen molar-refractivity contribution >= 4 is 20.9 Å². The third kappa shape index (κ3) is 4.19. The molecule has 1 aliphatic carbocycles. The van der Waals surface area contributed by atoms with Gasteiger partial charge in [0.15, 0.2) is 5.75 Å². The number of hydrogen-bond acceptors (Lipinski definition) is 6. The van der Waals surface area contributed by atoms with Gasteiger partial charge in [0.05, 0.1) is 42.2 Å². The SMILES string of the molecule is CCOc1nc(C(CS(C)(=O)=O)n2c(=O)n(C3CC3)c3cc(C)ccc32)ccc1OC. The van der Waals surface area contributed by atoms with Crippen molar-refractivity contribution in [2.75, 3.05) is 25.7 Å². The van der Waals surface area contributed by atoms with E-state index in [1.807, 2.05) is 32.0 Å². The van der Waals surface area contributed by atoms with Crippen molar-refractivity contribution in [1.29, 1.82) is 0 Å². The van der Waals surface area contributed by atoms with E-state index in [4.69, 9.17) is 9.47 Å². The lowest BCUT2D eigenvalue weighted by Gasteiger charge is -2.19. The summed E-state index contributed by atoms with van der Waals surface area (Å²) in [5.74, 6) is 0.470. The molecule has 0 amide bonds. The minimum absolute atomic E-state index is 0.153. The van der Waals surface area contributed by atoms with Crippen LogP contribution in [0.25, 0.3) is 11.0 Å². The van der Waals surface area contributed by atoms with E-state index >= 15 is 0 Å². The van der Waals surface area contributed by atoms with Gasteiger partial charge >= 0.3 is 5.69 Å². The number of fused-ring (bicyclic) bond motifs is 1. The highest BCUT2D eigenvalue weighted by Crippen LogP contribution is 2.37. The van der Waals surface area contributed by atoms with Gasteiger partial charge in [0.25, 0.3) is 5.88 Å². The first-order valence-electron chi connectivity index (χ1n) is 10.3. The Hall–Kier alpha value is -2.81. The van der Waals surface area contributed by atoms with Crippen LogP contribution in [0.4, 0.5) is 0 Å². The van der Waals surface area contributed by atoms with Gasteiger partial charge in [0.1, 0.15) is 9.84 Å². The van der Waals surface area contributed by atoms with E-state index in [9.17, 15) is 13.2 Å². The van der Waals surface area contributed by atoms with Crippen LogP contribution in [0.15, 0.2) is 35.1 Å². The fraction of sp³-hybridized carbons (Fsp3) is 0.455. The number of methoxy groups -OCH3 is 1. The predicted octanol–water partition coefficient (Wildman–Crippen LogP) is 2.88. The van der Waals surface area contributed by atoms with Crippen LogP contribution in [-0.4, -0.2) is 48.3 Å². The molecule has 1 fully saturated rings. The van der Waals surface area contributed by atoms with Crippen LogP contribution >= 0.6 is 0 Å². The Bertz CT molecular complexity index is 1290. The number of sulfone groups is 1. The molecule has 1 atom stereocenters. The molecular formula is C22H27N3O5S. The third-order valence-corrected chi connectivity index (χ3v) is 6.36. The molecule has 166 valence electrons. The molecule has 1 saturated carbocycles. The predicted molar refractivity (Wildman–Crippen MR) is 119 cm³/mol. The van der Waals surface area contributed by atoms with Crippen molar-refractivity contribution in [1.82, 2.24) is 14.1 Å². The minimum Gasteiger partial charge on any atom is -0.491 e. The maximum atomic E-state index is 13.6. The van der Waals surface area contributed by atoms with E-state index in [1.54, 1.807) is 21.3 Å². The number of hydrogen-bond donors (Lipinski definition) is 0. The second-order valence-corrected chi connectivity index (χ2v) is 10.2. The topological polar surface area (TPSA) is 92.4 Å². The van der Waals surface area contributed by atoms with E-state index < -0.39 is 15.9 Å². The molecule has 9 heteroatoms. The quantitative estimate of drug-likeness (QED) is 0.529. The molecule has 0 bridgehead atoms. The average Bonchev–Trinajstić information content (AvgIpc) is 3.49. The zero-order valence-corrected chi connectivity index (χ0v) is 19.0. The van der Waals surface area contributed by atoms with Crippen molar-refractivity contribution in [2.24, 2.45) is 0 Å². The molecule has 1 aliphatic rings. The Morgan fingerprint density at radius 2 is 1.94 bits per heavy atom. The van der Waals surface area contributed by atoms with Gasteiger partial charge in [0.2, 0.25) is 0 Å². The Morgan fingerprint density at radius 3 is 2.55 bits per heavy atom. The first kappa shape index (κ1) is 21.4. The van der Waals surface area contributed by atoms with Gasteiger partial charge < -0.3 is 9.47 Å². The summed E-state index contributed by atoms with van der Waals surface area (Å²) in [6.07, 6.45) is 3.06. The van der Waals surface area contributed by atoms with E-state index in [0.717, 1.165) is 23.9 Å². The van der Waals surface area contributed by atoms with Gasteiger partial charge in [-0.25, -0.2) is 18.2 Å². The Morgan fingerprint density at radius 1 is 1.19 bits per heavy atom. The zero-order chi connectivity index (χ0) is 22.3. The molecule has 4 rings (SSSR count). The molecular weight excluding hydrogens is 418 g/mol. The maximum Gasteiger partial charge on any atom is 0.330 e. The number of ether oxygens (including phenoxy) is 2. The Labute approximate surface area is 181 Å². The van der Waals surface area contributed by atoms with Crippen LogP contribution in [0.1, 0.15) is 43.1 Å². The van der Waals surface area contributed by atoms with Crippen LogP contribution in [0.2, 0.25) is 0 Å². The summed E-state index contributed by atoms with van der Waals surface area (Å²) >= 11 is 0. The molecule has 2 aromatic heterocycles. The van der Waals surface area contributed by atoms with Crippen molar-refractivity contribution in [2.45, 2.75) is 38.8 Å². The van der Waals surface area contributed by atoms with Gasteiger partial charge in [-0.2, -0.15) is 0 Å². The maximum absolute atomic E-state index is 13.6. The fourth-order valence-corrected chi connectivity index (χ4v) is 4.83. The lowest BCUT2D eigenvalue weighted by Crippen LogP contribution is -2.32. The van der Waals surface area contributed by atoms with Crippen LogP contribution in [0, 0.1) is 6.92 Å². The molecule has 0 N–H and O–H groups in total. The zero-order valence-electron chi connectivity index (χ0n) is 18.2. The summed E-state index contributed by atoms with van der Waals surface area (Å²) in [5.41, 5.74) is 2.79. The fourth-order valence-electron chi connectivity index (χ4n) is 3.94. The molecule has 0 saturated heterocycles. The van der Waals surface area contributed by atoms with Crippen LogP contribution in [0.3, 0.4) is 0 Å². The first-order chi connectivity index (χ1) is 14.7. The largest absolute Gasteiger partial charge is 0.491 e. The molecule has 0 aliphatic heterocycles. The van der Waals surface area contributed by atoms with Gasteiger partial charge in [-0.15, -0.1) is 0 Å². The molecule has 3 aromatic rings. The van der Waals surface area contributed by atoms with Crippen molar-refractivity contribution in [3.63, 3.8) is 0 Å². The summed E-state index contributed by atoms with van der Waals surface area (Å²) in [4.78, 5) is 18.1. The lowest BCUT2D eigenvalue weighted by atomic mass is 10.1.